The topological polar surface area (TPSA) is 35.8 Å². The summed E-state index contributed by atoms with van der Waals surface area (Å²) < 4.78 is 12.7. The molecule has 4 heteroatoms. The zero-order chi connectivity index (χ0) is 12.1. The van der Waals surface area contributed by atoms with Crippen molar-refractivity contribution in [3.63, 3.8) is 0 Å². The lowest BCUT2D eigenvalue weighted by Gasteiger charge is -2.01. The second-order valence-electron chi connectivity index (χ2n) is 3.33. The summed E-state index contributed by atoms with van der Waals surface area (Å²) in [5.41, 5.74) is 2.18. The van der Waals surface area contributed by atoms with E-state index in [9.17, 15) is 4.39 Å². The molecule has 2 aromatic rings. The summed E-state index contributed by atoms with van der Waals surface area (Å²) in [5.74, 6) is -0.280. The Morgan fingerprint density at radius 2 is 2.06 bits per heavy atom. The molecule has 0 fully saturated rings. The molecule has 0 bridgehead atoms. The van der Waals surface area contributed by atoms with Gasteiger partial charge in [0.15, 0.2) is 0 Å². The Hall–Kier alpha value is -2.12. The third-order valence-corrected chi connectivity index (χ3v) is 2.86. The van der Waals surface area contributed by atoms with Crippen LogP contribution in [0.15, 0.2) is 47.3 Å². The van der Waals surface area contributed by atoms with E-state index >= 15 is 0 Å². The molecule has 0 saturated heterocycles. The maximum Gasteiger partial charge on any atom is 0.123 e. The third-order valence-electron chi connectivity index (χ3n) is 2.18. The lowest BCUT2D eigenvalue weighted by molar-refractivity contribution is 0.628. The number of rotatable bonds is 3. The molecule has 1 N–H and O–H groups in total. The van der Waals surface area contributed by atoms with Crippen LogP contribution in [0.1, 0.15) is 5.56 Å². The van der Waals surface area contributed by atoms with Crippen molar-refractivity contribution in [2.24, 2.45) is 0 Å². The first-order chi connectivity index (χ1) is 8.29. The fourth-order valence-electron chi connectivity index (χ4n) is 1.30. The summed E-state index contributed by atoms with van der Waals surface area (Å²) in [4.78, 5) is 0. The summed E-state index contributed by atoms with van der Waals surface area (Å²) >= 11 is 1.54. The van der Waals surface area contributed by atoms with Crippen molar-refractivity contribution in [1.29, 1.82) is 5.26 Å². The van der Waals surface area contributed by atoms with E-state index < -0.39 is 0 Å². The molecule has 0 spiro atoms. The normalized spacial score (nSPS) is 10.9. The zero-order valence-electron chi connectivity index (χ0n) is 8.85. The van der Waals surface area contributed by atoms with E-state index in [0.29, 0.717) is 5.57 Å². The Bertz CT molecular complexity index is 550. The van der Waals surface area contributed by atoms with Gasteiger partial charge in [-0.15, -0.1) is 0 Å². The molecule has 0 aliphatic rings. The number of allylic oxidation sites excluding steroid dienone is 1. The van der Waals surface area contributed by atoms with Crippen molar-refractivity contribution >= 4 is 22.6 Å². The van der Waals surface area contributed by atoms with Crippen molar-refractivity contribution in [2.75, 3.05) is 5.32 Å². The molecule has 2 rings (SSSR count). The number of nitrogens with zero attached hydrogens (tertiary/aromatic N) is 1. The van der Waals surface area contributed by atoms with Crippen LogP contribution < -0.4 is 5.32 Å². The van der Waals surface area contributed by atoms with Crippen LogP contribution in [0.4, 0.5) is 10.1 Å². The first-order valence-electron chi connectivity index (χ1n) is 4.94. The van der Waals surface area contributed by atoms with Crippen LogP contribution in [0.3, 0.4) is 0 Å². The van der Waals surface area contributed by atoms with Crippen LogP contribution in [-0.4, -0.2) is 0 Å². The number of halogens is 1. The summed E-state index contributed by atoms with van der Waals surface area (Å²) in [6.45, 7) is 0. The standard InChI is InChI=1S/C13H9FN2S/c14-12-1-3-13(4-2-12)16-8-11(7-15)10-5-6-17-9-10/h1-6,8-9,16H/b11-8-. The second-order valence-corrected chi connectivity index (χ2v) is 4.11. The van der Waals surface area contributed by atoms with E-state index in [0.717, 1.165) is 11.3 Å². The van der Waals surface area contributed by atoms with Crippen LogP contribution in [0, 0.1) is 17.1 Å². The smallest absolute Gasteiger partial charge is 0.123 e. The van der Waals surface area contributed by atoms with Gasteiger partial charge in [-0.05, 0) is 41.1 Å². The van der Waals surface area contributed by atoms with Crippen LogP contribution >= 0.6 is 11.3 Å². The molecule has 0 aliphatic heterocycles. The molecule has 1 aromatic heterocycles. The highest BCUT2D eigenvalue weighted by molar-refractivity contribution is 7.08. The van der Waals surface area contributed by atoms with Crippen molar-refractivity contribution < 1.29 is 4.39 Å². The maximum atomic E-state index is 12.7. The third kappa shape index (κ3) is 2.92. The predicted octanol–water partition coefficient (Wildman–Crippen LogP) is 3.86. The van der Waals surface area contributed by atoms with Crippen molar-refractivity contribution in [2.45, 2.75) is 0 Å². The molecule has 2 nitrogen and oxygen atoms in total. The van der Waals surface area contributed by atoms with Gasteiger partial charge in [0.2, 0.25) is 0 Å². The van der Waals surface area contributed by atoms with Crippen LogP contribution in [0.2, 0.25) is 0 Å². The van der Waals surface area contributed by atoms with Gasteiger partial charge in [-0.3, -0.25) is 0 Å². The van der Waals surface area contributed by atoms with Gasteiger partial charge in [0.05, 0.1) is 5.57 Å². The van der Waals surface area contributed by atoms with Gasteiger partial charge in [0, 0.05) is 17.5 Å². The van der Waals surface area contributed by atoms with Gasteiger partial charge in [-0.1, -0.05) is 0 Å². The summed E-state index contributed by atoms with van der Waals surface area (Å²) in [5, 5.41) is 15.8. The lowest BCUT2D eigenvalue weighted by Crippen LogP contribution is -1.90. The van der Waals surface area contributed by atoms with Crippen LogP contribution in [0.5, 0.6) is 0 Å². The largest absolute Gasteiger partial charge is 0.360 e. The van der Waals surface area contributed by atoms with E-state index in [1.807, 2.05) is 16.8 Å². The van der Waals surface area contributed by atoms with Crippen LogP contribution in [-0.2, 0) is 0 Å². The molecular formula is C13H9FN2S. The number of nitrogens with one attached hydrogen (secondary N) is 1. The van der Waals surface area contributed by atoms with E-state index in [1.54, 1.807) is 18.3 Å². The van der Waals surface area contributed by atoms with Gasteiger partial charge in [0.25, 0.3) is 0 Å². The minimum atomic E-state index is -0.280. The van der Waals surface area contributed by atoms with E-state index in [-0.39, 0.29) is 5.82 Å². The Morgan fingerprint density at radius 1 is 1.29 bits per heavy atom. The Labute approximate surface area is 103 Å². The van der Waals surface area contributed by atoms with Gasteiger partial charge in [0.1, 0.15) is 11.9 Å². The van der Waals surface area contributed by atoms with Gasteiger partial charge < -0.3 is 5.32 Å². The maximum absolute atomic E-state index is 12.7. The number of hydrogen-bond acceptors (Lipinski definition) is 3. The fraction of sp³-hybridized carbons (Fsp3) is 0. The SMILES string of the molecule is N#C/C(=C/Nc1ccc(F)cc1)c1ccsc1. The summed E-state index contributed by atoms with van der Waals surface area (Å²) in [6, 6.07) is 9.97. The quantitative estimate of drug-likeness (QED) is 0.832. The zero-order valence-corrected chi connectivity index (χ0v) is 9.67. The minimum absolute atomic E-state index is 0.280. The first-order valence-corrected chi connectivity index (χ1v) is 5.89. The number of nitriles is 1. The van der Waals surface area contributed by atoms with Gasteiger partial charge in [-0.2, -0.15) is 16.6 Å². The molecule has 17 heavy (non-hydrogen) atoms. The average molecular weight is 244 g/mol. The van der Waals surface area contributed by atoms with Gasteiger partial charge >= 0.3 is 0 Å². The number of thiophene rings is 1. The first kappa shape index (κ1) is 11.4. The second kappa shape index (κ2) is 5.28. The fourth-order valence-corrected chi connectivity index (χ4v) is 1.96. The van der Waals surface area contributed by atoms with E-state index in [2.05, 4.69) is 11.4 Å². The number of hydrogen-bond donors (Lipinski definition) is 1. The number of anilines is 1. The molecule has 0 amide bonds. The van der Waals surface area contributed by atoms with Crippen molar-refractivity contribution in [1.82, 2.24) is 0 Å². The monoisotopic (exact) mass is 244 g/mol. The molecule has 0 unspecified atom stereocenters. The van der Waals surface area contributed by atoms with Crippen molar-refractivity contribution in [3.8, 4) is 6.07 Å². The van der Waals surface area contributed by atoms with E-state index in [1.165, 1.54) is 23.5 Å². The molecule has 0 aliphatic carbocycles. The highest BCUT2D eigenvalue weighted by Crippen LogP contribution is 2.17. The predicted molar refractivity (Wildman–Crippen MR) is 67.9 cm³/mol. The Balaban J connectivity index is 2.14. The van der Waals surface area contributed by atoms with Crippen LogP contribution in [0.25, 0.3) is 5.57 Å². The molecular weight excluding hydrogens is 235 g/mol. The molecule has 84 valence electrons. The van der Waals surface area contributed by atoms with Gasteiger partial charge in [-0.25, -0.2) is 4.39 Å². The summed E-state index contributed by atoms with van der Waals surface area (Å²) in [7, 11) is 0. The molecule has 1 heterocycles. The molecule has 0 saturated carbocycles. The average Bonchev–Trinajstić information content (AvgIpc) is 2.86. The highest BCUT2D eigenvalue weighted by atomic mass is 32.1. The molecule has 1 aromatic carbocycles. The molecule has 0 atom stereocenters. The Morgan fingerprint density at radius 3 is 2.65 bits per heavy atom. The Kier molecular flexibility index (Phi) is 3.53. The molecule has 0 radical (unpaired) electrons. The number of benzene rings is 1. The van der Waals surface area contributed by atoms with Crippen molar-refractivity contribution in [3.05, 3.63) is 58.7 Å². The summed E-state index contributed by atoms with van der Waals surface area (Å²) in [6.07, 6.45) is 1.62. The highest BCUT2D eigenvalue weighted by Gasteiger charge is 2.00. The lowest BCUT2D eigenvalue weighted by atomic mass is 10.2. The van der Waals surface area contributed by atoms with E-state index in [4.69, 9.17) is 5.26 Å². The minimum Gasteiger partial charge on any atom is -0.360 e.